The summed E-state index contributed by atoms with van der Waals surface area (Å²) in [6, 6.07) is 11.1. The van der Waals surface area contributed by atoms with Crippen LogP contribution in [0.15, 0.2) is 35.9 Å². The molecule has 29 heavy (non-hydrogen) atoms. The van der Waals surface area contributed by atoms with Gasteiger partial charge in [-0.25, -0.2) is 4.79 Å². The average molecular weight is 398 g/mol. The fourth-order valence-corrected chi connectivity index (χ4v) is 4.73. The van der Waals surface area contributed by atoms with Crippen molar-refractivity contribution in [2.75, 3.05) is 26.2 Å². The van der Waals surface area contributed by atoms with E-state index in [-0.39, 0.29) is 11.6 Å². The van der Waals surface area contributed by atoms with E-state index in [4.69, 9.17) is 0 Å². The van der Waals surface area contributed by atoms with Gasteiger partial charge < -0.3 is 10.2 Å². The van der Waals surface area contributed by atoms with Crippen LogP contribution in [0.25, 0.3) is 6.08 Å². The minimum atomic E-state index is -0.148. The van der Waals surface area contributed by atoms with Crippen LogP contribution in [0.4, 0.5) is 4.79 Å². The molecule has 2 aliphatic rings. The molecule has 2 fully saturated rings. The normalized spacial score (nSPS) is 23.9. The molecule has 1 atom stereocenters. The predicted molar refractivity (Wildman–Crippen MR) is 122 cm³/mol. The first-order valence-electron chi connectivity index (χ1n) is 11.6. The SMILES string of the molecule is CCCCCNC(=O)N1C/C(=C\c2ccccc2)C(N2CCCCC2)CC1(C)C. The average Bonchev–Trinajstić information content (AvgIpc) is 2.73. The van der Waals surface area contributed by atoms with E-state index >= 15 is 0 Å². The van der Waals surface area contributed by atoms with Crippen LogP contribution in [0.5, 0.6) is 0 Å². The first-order valence-corrected chi connectivity index (χ1v) is 11.6. The highest BCUT2D eigenvalue weighted by Gasteiger charge is 2.42. The number of nitrogens with one attached hydrogen (secondary N) is 1. The molecule has 2 saturated heterocycles. The van der Waals surface area contributed by atoms with Crippen molar-refractivity contribution in [2.45, 2.75) is 77.3 Å². The van der Waals surface area contributed by atoms with E-state index < -0.39 is 0 Å². The lowest BCUT2D eigenvalue weighted by Gasteiger charge is -2.50. The van der Waals surface area contributed by atoms with Gasteiger partial charge in [0, 0.05) is 24.7 Å². The highest BCUT2D eigenvalue weighted by atomic mass is 16.2. The molecule has 0 spiro atoms. The van der Waals surface area contributed by atoms with E-state index in [1.165, 1.54) is 56.3 Å². The lowest BCUT2D eigenvalue weighted by Crippen LogP contribution is -2.60. The zero-order chi connectivity index (χ0) is 20.7. The van der Waals surface area contributed by atoms with Gasteiger partial charge in [-0.2, -0.15) is 0 Å². The summed E-state index contributed by atoms with van der Waals surface area (Å²) in [7, 11) is 0. The number of likely N-dealkylation sites (tertiary alicyclic amines) is 2. The van der Waals surface area contributed by atoms with Crippen molar-refractivity contribution in [1.29, 1.82) is 0 Å². The van der Waals surface area contributed by atoms with Crippen molar-refractivity contribution in [3.63, 3.8) is 0 Å². The number of nitrogens with zero attached hydrogens (tertiary/aromatic N) is 2. The van der Waals surface area contributed by atoms with Crippen LogP contribution in [-0.2, 0) is 0 Å². The van der Waals surface area contributed by atoms with Crippen molar-refractivity contribution in [1.82, 2.24) is 15.1 Å². The molecule has 2 amide bonds. The lowest BCUT2D eigenvalue weighted by atomic mass is 9.82. The monoisotopic (exact) mass is 397 g/mol. The van der Waals surface area contributed by atoms with Crippen molar-refractivity contribution >= 4 is 12.1 Å². The third kappa shape index (κ3) is 5.85. The Kier molecular flexibility index (Phi) is 7.77. The van der Waals surface area contributed by atoms with Crippen molar-refractivity contribution in [3.05, 3.63) is 41.5 Å². The number of carbonyl (C=O) groups excluding carboxylic acids is 1. The van der Waals surface area contributed by atoms with E-state index in [0.29, 0.717) is 12.6 Å². The second-order valence-electron chi connectivity index (χ2n) is 9.28. The predicted octanol–water partition coefficient (Wildman–Crippen LogP) is 5.31. The third-order valence-electron chi connectivity index (χ3n) is 6.48. The molecule has 1 unspecified atom stereocenters. The minimum absolute atomic E-state index is 0.0853. The lowest BCUT2D eigenvalue weighted by molar-refractivity contribution is 0.0662. The zero-order valence-corrected chi connectivity index (χ0v) is 18.6. The Morgan fingerprint density at radius 1 is 1.14 bits per heavy atom. The number of hydrogen-bond acceptors (Lipinski definition) is 2. The minimum Gasteiger partial charge on any atom is -0.338 e. The van der Waals surface area contributed by atoms with E-state index in [1.807, 2.05) is 0 Å². The van der Waals surface area contributed by atoms with Gasteiger partial charge in [-0.1, -0.05) is 62.6 Å². The molecule has 2 aliphatic heterocycles. The van der Waals surface area contributed by atoms with Gasteiger partial charge in [0.25, 0.3) is 0 Å². The molecule has 2 heterocycles. The summed E-state index contributed by atoms with van der Waals surface area (Å²) in [5.74, 6) is 0. The number of piperidine rings is 2. The molecule has 0 radical (unpaired) electrons. The molecular formula is C25H39N3O. The Hall–Kier alpha value is -1.81. The fraction of sp³-hybridized carbons (Fsp3) is 0.640. The van der Waals surface area contributed by atoms with Crippen LogP contribution < -0.4 is 5.32 Å². The van der Waals surface area contributed by atoms with Crippen LogP contribution in [0.1, 0.15) is 71.3 Å². The first-order chi connectivity index (χ1) is 14.0. The van der Waals surface area contributed by atoms with Gasteiger partial charge in [-0.05, 0) is 63.8 Å². The number of benzene rings is 1. The first kappa shape index (κ1) is 21.9. The molecule has 1 N–H and O–H groups in total. The smallest absolute Gasteiger partial charge is 0.318 e. The van der Waals surface area contributed by atoms with Crippen LogP contribution >= 0.6 is 0 Å². The third-order valence-corrected chi connectivity index (χ3v) is 6.48. The van der Waals surface area contributed by atoms with Crippen LogP contribution in [0.2, 0.25) is 0 Å². The standard InChI is InChI=1S/C25H39N3O/c1-4-5-10-15-26-24(29)28-20-22(18-21-13-8-6-9-14-21)23(19-25(28,2)3)27-16-11-7-12-17-27/h6,8-9,13-14,18,23H,4-5,7,10-12,15-17,19-20H2,1-3H3,(H,26,29)/b22-18+. The summed E-state index contributed by atoms with van der Waals surface area (Å²) in [5, 5.41) is 3.17. The van der Waals surface area contributed by atoms with Gasteiger partial charge in [-0.3, -0.25) is 4.90 Å². The van der Waals surface area contributed by atoms with Crippen molar-refractivity contribution in [3.8, 4) is 0 Å². The Labute approximate surface area is 177 Å². The largest absolute Gasteiger partial charge is 0.338 e. The Morgan fingerprint density at radius 3 is 2.55 bits per heavy atom. The Balaban J connectivity index is 1.80. The molecular weight excluding hydrogens is 358 g/mol. The highest BCUT2D eigenvalue weighted by Crippen LogP contribution is 2.35. The highest BCUT2D eigenvalue weighted by molar-refractivity contribution is 5.76. The van der Waals surface area contributed by atoms with E-state index in [0.717, 1.165) is 19.4 Å². The molecule has 4 nitrogen and oxygen atoms in total. The van der Waals surface area contributed by atoms with E-state index in [2.05, 4.69) is 72.3 Å². The summed E-state index contributed by atoms with van der Waals surface area (Å²) in [5.41, 5.74) is 2.46. The van der Waals surface area contributed by atoms with Gasteiger partial charge in [0.2, 0.25) is 0 Å². The number of urea groups is 1. The van der Waals surface area contributed by atoms with Gasteiger partial charge in [-0.15, -0.1) is 0 Å². The fourth-order valence-electron chi connectivity index (χ4n) is 4.73. The van der Waals surface area contributed by atoms with E-state index in [9.17, 15) is 4.79 Å². The Morgan fingerprint density at radius 2 is 1.86 bits per heavy atom. The van der Waals surface area contributed by atoms with E-state index in [1.54, 1.807) is 0 Å². The number of amides is 2. The molecule has 0 aromatic heterocycles. The molecule has 1 aromatic carbocycles. The van der Waals surface area contributed by atoms with Crippen LogP contribution in [0, 0.1) is 0 Å². The summed E-state index contributed by atoms with van der Waals surface area (Å²) < 4.78 is 0. The van der Waals surface area contributed by atoms with Gasteiger partial charge in [0.05, 0.1) is 0 Å². The van der Waals surface area contributed by atoms with Crippen LogP contribution in [0.3, 0.4) is 0 Å². The van der Waals surface area contributed by atoms with Gasteiger partial charge in [0.15, 0.2) is 0 Å². The maximum absolute atomic E-state index is 13.0. The van der Waals surface area contributed by atoms with Crippen molar-refractivity contribution in [2.24, 2.45) is 0 Å². The Bertz CT molecular complexity index is 677. The van der Waals surface area contributed by atoms with Crippen molar-refractivity contribution < 1.29 is 4.79 Å². The number of hydrogen-bond donors (Lipinski definition) is 1. The number of unbranched alkanes of at least 4 members (excludes halogenated alkanes) is 2. The summed E-state index contributed by atoms with van der Waals surface area (Å²) in [4.78, 5) is 17.8. The van der Waals surface area contributed by atoms with Crippen LogP contribution in [-0.4, -0.2) is 53.6 Å². The molecule has 3 rings (SSSR count). The second-order valence-corrected chi connectivity index (χ2v) is 9.28. The molecule has 160 valence electrons. The van der Waals surface area contributed by atoms with Gasteiger partial charge >= 0.3 is 6.03 Å². The molecule has 4 heteroatoms. The summed E-state index contributed by atoms with van der Waals surface area (Å²) in [6.07, 6.45) is 10.6. The molecule has 0 aliphatic carbocycles. The topological polar surface area (TPSA) is 35.6 Å². The summed E-state index contributed by atoms with van der Waals surface area (Å²) in [6.45, 7) is 10.5. The maximum atomic E-state index is 13.0. The second kappa shape index (κ2) is 10.3. The number of carbonyl (C=O) groups is 1. The quantitative estimate of drug-likeness (QED) is 0.660. The number of rotatable bonds is 6. The summed E-state index contributed by atoms with van der Waals surface area (Å²) >= 11 is 0. The molecule has 1 aromatic rings. The van der Waals surface area contributed by atoms with Gasteiger partial charge in [0.1, 0.15) is 0 Å². The molecule has 0 bridgehead atoms. The maximum Gasteiger partial charge on any atom is 0.318 e. The molecule has 0 saturated carbocycles. The zero-order valence-electron chi connectivity index (χ0n) is 18.6.